The first-order valence-electron chi connectivity index (χ1n) is 13.3. The molecule has 0 spiro atoms. The number of rotatable bonds is 13. The smallest absolute Gasteiger partial charge is 0.414 e. The Morgan fingerprint density at radius 1 is 0.932 bits per heavy atom. The van der Waals surface area contributed by atoms with Crippen LogP contribution in [-0.2, 0) is 27.4 Å². The van der Waals surface area contributed by atoms with Gasteiger partial charge in [0.2, 0.25) is 11.8 Å². The number of hydrogen-bond acceptors (Lipinski definition) is 8. The predicted molar refractivity (Wildman–Crippen MR) is 162 cm³/mol. The molecule has 0 radical (unpaired) electrons. The van der Waals surface area contributed by atoms with Gasteiger partial charge in [0.25, 0.3) is 0 Å². The maximum absolute atomic E-state index is 13.7. The molecular formula is C30H28Cl2FN5O6. The highest BCUT2D eigenvalue weighted by Gasteiger charge is 2.18. The summed E-state index contributed by atoms with van der Waals surface area (Å²) in [6.45, 7) is -0.432. The molecule has 4 N–H and O–H groups in total. The van der Waals surface area contributed by atoms with E-state index in [9.17, 15) is 18.8 Å². The van der Waals surface area contributed by atoms with Crippen molar-refractivity contribution in [2.75, 3.05) is 25.0 Å². The molecule has 3 amide bonds. The van der Waals surface area contributed by atoms with E-state index in [2.05, 4.69) is 26.4 Å². The molecule has 11 nitrogen and oxygen atoms in total. The first-order chi connectivity index (χ1) is 21.3. The van der Waals surface area contributed by atoms with Crippen LogP contribution in [0.25, 0.3) is 11.3 Å². The number of benzene rings is 3. The molecule has 0 aliphatic heterocycles. The molecule has 0 fully saturated rings. The number of anilines is 1. The summed E-state index contributed by atoms with van der Waals surface area (Å²) in [6, 6.07) is 21.0. The molecule has 1 heterocycles. The van der Waals surface area contributed by atoms with Crippen molar-refractivity contribution in [3.05, 3.63) is 106 Å². The van der Waals surface area contributed by atoms with Crippen LogP contribution in [0.15, 0.2) is 83.4 Å². The van der Waals surface area contributed by atoms with Crippen molar-refractivity contribution in [2.45, 2.75) is 19.2 Å². The van der Waals surface area contributed by atoms with E-state index in [1.165, 1.54) is 18.2 Å². The fraction of sp³-hybridized carbons (Fsp3) is 0.200. The van der Waals surface area contributed by atoms with E-state index in [1.807, 2.05) is 18.2 Å². The third-order valence-electron chi connectivity index (χ3n) is 5.97. The number of ether oxygens (including phenoxy) is 2. The minimum Gasteiger partial charge on any atom is -0.447 e. The largest absolute Gasteiger partial charge is 0.447 e. The zero-order chi connectivity index (χ0) is 31.3. The SMILES string of the molecule is O=C(CNCc1cccc(F)c1Cl)N[C@@H](CNC(=O)OCc1ccccc1)COC(=O)Nc1cc(-c2cccc(Cl)c2)no1. The summed E-state index contributed by atoms with van der Waals surface area (Å²) in [4.78, 5) is 37.4. The molecule has 4 aromatic rings. The van der Waals surface area contributed by atoms with Crippen LogP contribution >= 0.6 is 23.2 Å². The number of halogens is 3. The van der Waals surface area contributed by atoms with Gasteiger partial charge in [0.15, 0.2) is 0 Å². The molecule has 0 unspecified atom stereocenters. The van der Waals surface area contributed by atoms with Crippen molar-refractivity contribution in [1.82, 2.24) is 21.1 Å². The number of carbonyl (C=O) groups is 3. The fourth-order valence-corrected chi connectivity index (χ4v) is 4.22. The van der Waals surface area contributed by atoms with E-state index < -0.39 is 30.0 Å². The van der Waals surface area contributed by atoms with Gasteiger partial charge in [0.1, 0.15) is 24.7 Å². The van der Waals surface area contributed by atoms with Crippen molar-refractivity contribution in [3.8, 4) is 11.3 Å². The van der Waals surface area contributed by atoms with Crippen LogP contribution in [0.5, 0.6) is 0 Å². The molecule has 0 aliphatic rings. The van der Waals surface area contributed by atoms with E-state index in [-0.39, 0.29) is 43.8 Å². The molecule has 14 heteroatoms. The lowest BCUT2D eigenvalue weighted by atomic mass is 10.1. The number of carbonyl (C=O) groups excluding carboxylic acids is 3. The minimum absolute atomic E-state index is 0.0217. The number of alkyl carbamates (subject to hydrolysis) is 1. The Balaban J connectivity index is 1.29. The van der Waals surface area contributed by atoms with Crippen molar-refractivity contribution in [2.24, 2.45) is 0 Å². The average Bonchev–Trinajstić information content (AvgIpc) is 3.48. The second-order valence-corrected chi connectivity index (χ2v) is 10.1. The number of nitrogens with one attached hydrogen (secondary N) is 4. The van der Waals surface area contributed by atoms with Crippen molar-refractivity contribution in [1.29, 1.82) is 0 Å². The average molecular weight is 644 g/mol. The topological polar surface area (TPSA) is 144 Å². The highest BCUT2D eigenvalue weighted by Crippen LogP contribution is 2.24. The lowest BCUT2D eigenvalue weighted by molar-refractivity contribution is -0.121. The quantitative estimate of drug-likeness (QED) is 0.149. The maximum Gasteiger partial charge on any atom is 0.414 e. The predicted octanol–water partition coefficient (Wildman–Crippen LogP) is 5.54. The van der Waals surface area contributed by atoms with E-state index in [0.717, 1.165) is 5.56 Å². The summed E-state index contributed by atoms with van der Waals surface area (Å²) in [6.07, 6.45) is -1.62. The molecule has 0 bridgehead atoms. The van der Waals surface area contributed by atoms with E-state index in [4.69, 9.17) is 37.2 Å². The molecule has 1 aromatic heterocycles. The number of aromatic nitrogens is 1. The standard InChI is InChI=1S/C30H28Cl2FN5O6/c31-22-10-4-8-20(12-22)25-13-27(44-38-25)37-30(41)43-18-23(15-35-29(40)42-17-19-6-2-1-3-7-19)36-26(39)16-34-14-21-9-5-11-24(33)28(21)32/h1-13,23,34H,14-18H2,(H,35,40)(H,36,39)(H,37,41)/t23-/m0/s1. The van der Waals surface area contributed by atoms with Crippen LogP contribution in [0.2, 0.25) is 10.0 Å². The molecule has 0 saturated heterocycles. The van der Waals surface area contributed by atoms with E-state index in [0.29, 0.717) is 21.8 Å². The molecule has 4 rings (SSSR count). The third kappa shape index (κ3) is 10.3. The first kappa shape index (κ1) is 32.3. The van der Waals surface area contributed by atoms with Gasteiger partial charge in [-0.1, -0.05) is 83.0 Å². The summed E-state index contributed by atoms with van der Waals surface area (Å²) in [5.74, 6) is -1.03. The third-order valence-corrected chi connectivity index (χ3v) is 6.63. The van der Waals surface area contributed by atoms with Gasteiger partial charge in [-0.2, -0.15) is 0 Å². The van der Waals surface area contributed by atoms with Crippen LogP contribution in [-0.4, -0.2) is 49.0 Å². The molecule has 1 atom stereocenters. The Bertz CT molecular complexity index is 1570. The van der Waals surface area contributed by atoms with Crippen LogP contribution < -0.4 is 21.3 Å². The number of nitrogens with zero attached hydrogens (tertiary/aromatic N) is 1. The fourth-order valence-electron chi connectivity index (χ4n) is 3.84. The van der Waals surface area contributed by atoms with Gasteiger partial charge in [0, 0.05) is 29.7 Å². The van der Waals surface area contributed by atoms with Gasteiger partial charge in [-0.25, -0.2) is 14.0 Å². The van der Waals surface area contributed by atoms with Gasteiger partial charge < -0.3 is 29.9 Å². The number of hydrogen-bond donors (Lipinski definition) is 4. The Morgan fingerprint density at radius 3 is 2.52 bits per heavy atom. The molecule has 3 aromatic carbocycles. The summed E-state index contributed by atoms with van der Waals surface area (Å²) in [7, 11) is 0. The normalized spacial score (nSPS) is 11.3. The van der Waals surface area contributed by atoms with Crippen LogP contribution in [0.4, 0.5) is 19.9 Å². The van der Waals surface area contributed by atoms with Gasteiger partial charge in [-0.05, 0) is 29.3 Å². The van der Waals surface area contributed by atoms with E-state index >= 15 is 0 Å². The summed E-state index contributed by atoms with van der Waals surface area (Å²) in [5, 5.41) is 14.9. The highest BCUT2D eigenvalue weighted by molar-refractivity contribution is 6.31. The molecule has 44 heavy (non-hydrogen) atoms. The van der Waals surface area contributed by atoms with Gasteiger partial charge in [-0.3, -0.25) is 10.1 Å². The molecule has 0 aliphatic carbocycles. The second kappa shape index (κ2) is 16.3. The Hall–Kier alpha value is -4.65. The summed E-state index contributed by atoms with van der Waals surface area (Å²) < 4.78 is 29.3. The lowest BCUT2D eigenvalue weighted by Gasteiger charge is -2.19. The van der Waals surface area contributed by atoms with Crippen molar-refractivity contribution >= 4 is 47.2 Å². The highest BCUT2D eigenvalue weighted by atomic mass is 35.5. The summed E-state index contributed by atoms with van der Waals surface area (Å²) in [5.41, 5.74) is 2.40. The van der Waals surface area contributed by atoms with Crippen molar-refractivity contribution in [3.63, 3.8) is 0 Å². The number of amides is 3. The van der Waals surface area contributed by atoms with Crippen LogP contribution in [0.1, 0.15) is 11.1 Å². The maximum atomic E-state index is 13.7. The Morgan fingerprint density at radius 2 is 1.73 bits per heavy atom. The lowest BCUT2D eigenvalue weighted by Crippen LogP contribution is -2.49. The molecule has 0 saturated carbocycles. The Kier molecular flexibility index (Phi) is 11.9. The minimum atomic E-state index is -0.886. The van der Waals surface area contributed by atoms with Gasteiger partial charge in [-0.15, -0.1) is 0 Å². The van der Waals surface area contributed by atoms with Crippen LogP contribution in [0, 0.1) is 5.82 Å². The zero-order valence-corrected chi connectivity index (χ0v) is 24.7. The Labute approximate surface area is 262 Å². The van der Waals surface area contributed by atoms with Crippen LogP contribution in [0.3, 0.4) is 0 Å². The monoisotopic (exact) mass is 643 g/mol. The van der Waals surface area contributed by atoms with E-state index in [1.54, 1.807) is 42.5 Å². The van der Waals surface area contributed by atoms with Gasteiger partial charge in [0.05, 0.1) is 17.6 Å². The molecule has 230 valence electrons. The van der Waals surface area contributed by atoms with Gasteiger partial charge >= 0.3 is 12.2 Å². The first-order valence-corrected chi connectivity index (χ1v) is 14.1. The second-order valence-electron chi connectivity index (χ2n) is 9.33. The summed E-state index contributed by atoms with van der Waals surface area (Å²) >= 11 is 12.0. The van der Waals surface area contributed by atoms with Crippen molar-refractivity contribution < 1.29 is 32.8 Å². The molecular weight excluding hydrogens is 616 g/mol. The zero-order valence-electron chi connectivity index (χ0n) is 23.1.